The summed E-state index contributed by atoms with van der Waals surface area (Å²) >= 11 is 0. The Morgan fingerprint density at radius 3 is 2.16 bits per heavy atom. The number of imidazole rings is 1. The number of fused-ring (bicyclic) bond motifs is 1. The first-order chi connectivity index (χ1) is 28.9. The summed E-state index contributed by atoms with van der Waals surface area (Å²) in [5, 5.41) is 0. The summed E-state index contributed by atoms with van der Waals surface area (Å²) in [6.45, 7) is 5.94. The van der Waals surface area contributed by atoms with E-state index in [0.717, 1.165) is 66.7 Å². The third kappa shape index (κ3) is 7.51. The number of benzene rings is 6. The minimum absolute atomic E-state index is 0. The van der Waals surface area contributed by atoms with Crippen LogP contribution in [0.2, 0.25) is 0 Å². The van der Waals surface area contributed by atoms with Gasteiger partial charge in [0.15, 0.2) is 0 Å². The van der Waals surface area contributed by atoms with Crippen molar-refractivity contribution in [3.05, 3.63) is 175 Å². The van der Waals surface area contributed by atoms with Crippen LogP contribution in [0.3, 0.4) is 0 Å². The van der Waals surface area contributed by atoms with Crippen molar-refractivity contribution >= 4 is 11.0 Å². The summed E-state index contributed by atoms with van der Waals surface area (Å²) in [6, 6.07) is 44.2. The van der Waals surface area contributed by atoms with E-state index in [0.29, 0.717) is 28.5 Å². The van der Waals surface area contributed by atoms with Gasteiger partial charge in [-0.2, -0.15) is 7.11 Å². The number of pyridine rings is 1. The molecule has 0 aliphatic carbocycles. The van der Waals surface area contributed by atoms with Gasteiger partial charge in [-0.1, -0.05) is 122 Å². The minimum atomic E-state index is -2.38. The van der Waals surface area contributed by atoms with Crippen molar-refractivity contribution in [1.82, 2.24) is 14.5 Å². The zero-order valence-electron chi connectivity index (χ0n) is 38.0. The monoisotopic (exact) mass is 916 g/mol. The van der Waals surface area contributed by atoms with Crippen LogP contribution in [-0.4, -0.2) is 14.5 Å². The molecule has 8 aromatic rings. The van der Waals surface area contributed by atoms with E-state index in [2.05, 4.69) is 46.1 Å². The molecule has 0 spiro atoms. The molecule has 0 atom stereocenters. The van der Waals surface area contributed by atoms with E-state index in [1.807, 2.05) is 109 Å². The van der Waals surface area contributed by atoms with Crippen LogP contribution in [0.4, 0.5) is 0 Å². The molecule has 2 aromatic heterocycles. The van der Waals surface area contributed by atoms with Gasteiger partial charge in [-0.3, -0.25) is 9.55 Å². The standard InChI is InChI=1S/C51H45N3O.Pt/c1-32-17-19-37(20-18-32)38-21-22-52-46(31-38)41-27-40(28-42(29-41)51(5,6)7)44-15-12-16-47-48(44)53-50(45-26-33(2)23-35(4)49(45)55-8)54(47)43-25-34(3)24-39(30-43)36-13-10-9-11-14-36;/h9-26,28-31H,8H2,1-7H3;/q-2;+2/i1D3,3D3;. The number of hydrogen-bond acceptors (Lipinski definition) is 3. The molecule has 0 saturated carbocycles. The van der Waals surface area contributed by atoms with Crippen LogP contribution < -0.4 is 4.74 Å². The molecule has 0 aliphatic heterocycles. The normalized spacial score (nSPS) is 13.5. The largest absolute Gasteiger partial charge is 2.00 e. The predicted octanol–water partition coefficient (Wildman–Crippen LogP) is 13.3. The van der Waals surface area contributed by atoms with Crippen molar-refractivity contribution in [2.75, 3.05) is 0 Å². The summed E-state index contributed by atoms with van der Waals surface area (Å²) in [4.78, 5) is 10.2. The molecule has 0 unspecified atom stereocenters. The van der Waals surface area contributed by atoms with Crippen LogP contribution in [0.25, 0.3) is 72.7 Å². The van der Waals surface area contributed by atoms with Gasteiger partial charge >= 0.3 is 21.1 Å². The molecule has 0 saturated heterocycles. The van der Waals surface area contributed by atoms with Gasteiger partial charge in [0.1, 0.15) is 5.82 Å². The summed E-state index contributed by atoms with van der Waals surface area (Å²) in [5.41, 5.74) is 12.6. The molecule has 0 fully saturated rings. The smallest absolute Gasteiger partial charge is 0.665 e. The summed E-state index contributed by atoms with van der Waals surface area (Å²) in [5.74, 6) is 1.14. The van der Waals surface area contributed by atoms with Gasteiger partial charge in [-0.15, -0.1) is 29.3 Å². The maximum Gasteiger partial charge on any atom is 2.00 e. The van der Waals surface area contributed by atoms with Gasteiger partial charge in [0.2, 0.25) is 0 Å². The van der Waals surface area contributed by atoms with Crippen molar-refractivity contribution in [1.29, 1.82) is 0 Å². The predicted molar refractivity (Wildman–Crippen MR) is 229 cm³/mol. The van der Waals surface area contributed by atoms with Gasteiger partial charge in [-0.25, -0.2) is 4.98 Å². The number of ether oxygens (including phenoxy) is 1. The maximum atomic E-state index is 8.51. The van der Waals surface area contributed by atoms with Gasteiger partial charge in [-0.05, 0) is 102 Å². The second kappa shape index (κ2) is 15.5. The van der Waals surface area contributed by atoms with Crippen molar-refractivity contribution < 1.29 is 34.0 Å². The molecule has 2 heterocycles. The average molecular weight is 917 g/mol. The Morgan fingerprint density at radius 2 is 1.43 bits per heavy atom. The van der Waals surface area contributed by atoms with Crippen LogP contribution in [0.15, 0.2) is 134 Å². The van der Waals surface area contributed by atoms with Crippen LogP contribution in [0, 0.1) is 40.7 Å². The molecular weight excluding hydrogens is 866 g/mol. The van der Waals surface area contributed by atoms with Crippen LogP contribution in [0.1, 0.15) is 56.8 Å². The van der Waals surface area contributed by atoms with Crippen LogP contribution in [-0.2, 0) is 26.5 Å². The van der Waals surface area contributed by atoms with Gasteiger partial charge in [0, 0.05) is 25.8 Å². The maximum absolute atomic E-state index is 8.51. The quantitative estimate of drug-likeness (QED) is 0.150. The number of nitrogens with zero attached hydrogens (tertiary/aromatic N) is 3. The Hall–Kier alpha value is -5.57. The average Bonchev–Trinajstić information content (AvgIpc) is 3.62. The molecule has 6 aromatic carbocycles. The zero-order valence-corrected chi connectivity index (χ0v) is 34.2. The number of aromatic nitrogens is 3. The minimum Gasteiger partial charge on any atom is -0.665 e. The first-order valence-electron chi connectivity index (χ1n) is 21.3. The zero-order chi connectivity index (χ0) is 43.4. The van der Waals surface area contributed by atoms with Crippen LogP contribution >= 0.6 is 0 Å². The van der Waals surface area contributed by atoms with Crippen molar-refractivity contribution in [2.45, 2.75) is 53.7 Å². The number of para-hydroxylation sites is 1. The first-order valence-corrected chi connectivity index (χ1v) is 18.3. The van der Waals surface area contributed by atoms with E-state index in [9.17, 15) is 0 Å². The second-order valence-electron chi connectivity index (χ2n) is 15.1. The van der Waals surface area contributed by atoms with Gasteiger partial charge in [0.05, 0.1) is 22.3 Å². The van der Waals surface area contributed by atoms with E-state index in [1.54, 1.807) is 30.5 Å². The fourth-order valence-electron chi connectivity index (χ4n) is 7.31. The Labute approximate surface area is 354 Å². The second-order valence-corrected chi connectivity index (χ2v) is 15.1. The number of rotatable bonds is 7. The molecule has 0 aliphatic rings. The van der Waals surface area contributed by atoms with Crippen molar-refractivity contribution in [3.63, 3.8) is 0 Å². The number of hydrogen-bond donors (Lipinski definition) is 0. The van der Waals surface area contributed by atoms with E-state index >= 15 is 0 Å². The Morgan fingerprint density at radius 1 is 0.679 bits per heavy atom. The Kier molecular flexibility index (Phi) is 8.76. The topological polar surface area (TPSA) is 39.9 Å². The summed E-state index contributed by atoms with van der Waals surface area (Å²) in [7, 11) is 3.82. The van der Waals surface area contributed by atoms with E-state index in [1.165, 1.54) is 0 Å². The molecular formula is C51H45N3OPt. The van der Waals surface area contributed by atoms with E-state index in [4.69, 9.17) is 22.9 Å². The fraction of sp³-hybridized carbons (Fsp3) is 0.157. The Bertz CT molecular complexity index is 2930. The van der Waals surface area contributed by atoms with E-state index in [-0.39, 0.29) is 37.6 Å². The summed E-state index contributed by atoms with van der Waals surface area (Å²) in [6.07, 6.45) is 1.76. The first kappa shape index (κ1) is 31.6. The molecule has 8 rings (SSSR count). The van der Waals surface area contributed by atoms with Crippen molar-refractivity contribution in [3.8, 4) is 67.5 Å². The molecule has 0 N–H and O–H groups in total. The van der Waals surface area contributed by atoms with Gasteiger partial charge in [0.25, 0.3) is 0 Å². The van der Waals surface area contributed by atoms with Crippen molar-refractivity contribution in [2.24, 2.45) is 0 Å². The van der Waals surface area contributed by atoms with Gasteiger partial charge < -0.3 is 4.74 Å². The molecule has 0 amide bonds. The molecule has 280 valence electrons. The van der Waals surface area contributed by atoms with Crippen LogP contribution in [0.5, 0.6) is 5.75 Å². The number of aryl methyl sites for hydroxylation is 4. The third-order valence-corrected chi connectivity index (χ3v) is 10.1. The third-order valence-electron chi connectivity index (χ3n) is 10.1. The fourth-order valence-corrected chi connectivity index (χ4v) is 7.31. The summed E-state index contributed by atoms with van der Waals surface area (Å²) < 4.78 is 56.7. The SMILES string of the molecule is [2H]C([2H])([2H])c1ccc(-c2ccnc(-c3[c-]c(-c4cccc5c4nc(-c4cc(C)cc(C)c4O[CH2-])n5-c4cc(-c5ccccc5)cc(C([2H])([2H])[2H])c4)cc(C(C)(C)C)c3)c2)cc1.[Pt+2]. The molecule has 0 radical (unpaired) electrons. The molecule has 5 heteroatoms. The Balaban J connectivity index is 0.00000578. The molecule has 4 nitrogen and oxygen atoms in total. The van der Waals surface area contributed by atoms with E-state index < -0.39 is 13.7 Å². The molecule has 56 heavy (non-hydrogen) atoms. The molecule has 0 bridgehead atoms.